The van der Waals surface area contributed by atoms with Crippen molar-refractivity contribution in [2.24, 2.45) is 5.92 Å². The first kappa shape index (κ1) is 14.5. The van der Waals surface area contributed by atoms with Crippen molar-refractivity contribution >= 4 is 33.3 Å². The number of hydrogen-bond donors (Lipinski definition) is 2. The van der Waals surface area contributed by atoms with Crippen LogP contribution in [-0.2, 0) is 4.79 Å². The van der Waals surface area contributed by atoms with Crippen molar-refractivity contribution in [1.82, 2.24) is 10.3 Å². The minimum absolute atomic E-state index is 0.187. The van der Waals surface area contributed by atoms with Crippen molar-refractivity contribution in [2.75, 3.05) is 0 Å². The van der Waals surface area contributed by atoms with E-state index in [0.717, 1.165) is 10.1 Å². The van der Waals surface area contributed by atoms with Gasteiger partial charge in [0.1, 0.15) is 6.04 Å². The van der Waals surface area contributed by atoms with Crippen LogP contribution in [0.25, 0.3) is 10.1 Å². The number of nitrogens with one attached hydrogen (secondary N) is 1. The molecule has 1 atom stereocenters. The van der Waals surface area contributed by atoms with E-state index in [2.05, 4.69) is 10.3 Å². The molecule has 0 fully saturated rings. The van der Waals surface area contributed by atoms with E-state index in [1.54, 1.807) is 6.20 Å². The minimum Gasteiger partial charge on any atom is -0.480 e. The second-order valence-corrected chi connectivity index (χ2v) is 5.96. The first-order chi connectivity index (χ1) is 9.49. The van der Waals surface area contributed by atoms with Crippen LogP contribution < -0.4 is 5.32 Å². The van der Waals surface area contributed by atoms with Crippen LogP contribution in [0.1, 0.15) is 30.6 Å². The van der Waals surface area contributed by atoms with E-state index < -0.39 is 17.9 Å². The standard InChI is InChI=1S/C14H16N2O3S/c1-8(2)5-11(14(18)19)16-13(17)10-6-15-7-12-9(10)3-4-20-12/h3-4,6-8,11H,5H2,1-2H3,(H,16,17)(H,18,19)/t11-/m0/s1. The summed E-state index contributed by atoms with van der Waals surface area (Å²) in [5, 5.41) is 14.4. The van der Waals surface area contributed by atoms with Gasteiger partial charge in [0.25, 0.3) is 5.91 Å². The van der Waals surface area contributed by atoms with Gasteiger partial charge in [-0.3, -0.25) is 9.78 Å². The number of thiophene rings is 1. The highest BCUT2D eigenvalue weighted by atomic mass is 32.1. The van der Waals surface area contributed by atoms with Crippen LogP contribution in [0.4, 0.5) is 0 Å². The number of nitrogens with zero attached hydrogens (tertiary/aromatic N) is 1. The second-order valence-electron chi connectivity index (χ2n) is 5.01. The van der Waals surface area contributed by atoms with Gasteiger partial charge in [0.2, 0.25) is 0 Å². The van der Waals surface area contributed by atoms with Gasteiger partial charge in [-0.2, -0.15) is 0 Å². The lowest BCUT2D eigenvalue weighted by atomic mass is 10.0. The molecule has 106 valence electrons. The van der Waals surface area contributed by atoms with E-state index in [1.807, 2.05) is 25.3 Å². The number of carbonyl (C=O) groups is 2. The zero-order valence-corrected chi connectivity index (χ0v) is 12.1. The zero-order valence-electron chi connectivity index (χ0n) is 11.3. The van der Waals surface area contributed by atoms with Gasteiger partial charge in [0.05, 0.1) is 10.3 Å². The molecule has 2 rings (SSSR count). The summed E-state index contributed by atoms with van der Waals surface area (Å²) in [4.78, 5) is 27.5. The number of fused-ring (bicyclic) bond motifs is 1. The van der Waals surface area contributed by atoms with Crippen LogP contribution in [-0.4, -0.2) is 28.0 Å². The monoisotopic (exact) mass is 292 g/mol. The molecule has 0 saturated heterocycles. The summed E-state index contributed by atoms with van der Waals surface area (Å²) in [7, 11) is 0. The van der Waals surface area contributed by atoms with Crippen LogP contribution in [0.3, 0.4) is 0 Å². The molecule has 6 heteroatoms. The van der Waals surface area contributed by atoms with Crippen LogP contribution in [0.5, 0.6) is 0 Å². The van der Waals surface area contributed by atoms with Gasteiger partial charge >= 0.3 is 5.97 Å². The summed E-state index contributed by atoms with van der Waals surface area (Å²) in [5.74, 6) is -1.22. The SMILES string of the molecule is CC(C)C[C@H](NC(=O)c1cncc2sccc12)C(=O)O. The number of pyridine rings is 1. The van der Waals surface area contributed by atoms with Crippen molar-refractivity contribution in [3.05, 3.63) is 29.4 Å². The van der Waals surface area contributed by atoms with E-state index in [9.17, 15) is 9.59 Å². The molecule has 2 N–H and O–H groups in total. The summed E-state index contributed by atoms with van der Waals surface area (Å²) in [6, 6.07) is 0.964. The molecule has 0 saturated carbocycles. The molecule has 20 heavy (non-hydrogen) atoms. The summed E-state index contributed by atoms with van der Waals surface area (Å²) in [6.07, 6.45) is 3.56. The first-order valence-corrected chi connectivity index (χ1v) is 7.22. The lowest BCUT2D eigenvalue weighted by Crippen LogP contribution is -2.41. The van der Waals surface area contributed by atoms with Crippen molar-refractivity contribution < 1.29 is 14.7 Å². The molecule has 0 radical (unpaired) electrons. The fraction of sp³-hybridized carbons (Fsp3) is 0.357. The maximum absolute atomic E-state index is 12.2. The summed E-state index contributed by atoms with van der Waals surface area (Å²) in [6.45, 7) is 3.84. The van der Waals surface area contributed by atoms with Crippen molar-refractivity contribution in [3.63, 3.8) is 0 Å². The predicted octanol–water partition coefficient (Wildman–Crippen LogP) is 2.53. The van der Waals surface area contributed by atoms with Crippen LogP contribution in [0, 0.1) is 5.92 Å². The summed E-state index contributed by atoms with van der Waals surface area (Å²) >= 11 is 1.50. The number of aromatic nitrogens is 1. The molecule has 0 spiro atoms. The fourth-order valence-corrected chi connectivity index (χ4v) is 2.78. The molecule has 2 aromatic heterocycles. The van der Waals surface area contributed by atoms with Crippen molar-refractivity contribution in [3.8, 4) is 0 Å². The van der Waals surface area contributed by atoms with Crippen LogP contribution >= 0.6 is 11.3 Å². The molecule has 0 aliphatic rings. The Kier molecular flexibility index (Phi) is 4.34. The third-order valence-electron chi connectivity index (χ3n) is 2.94. The number of amides is 1. The van der Waals surface area contributed by atoms with Gasteiger partial charge in [-0.05, 0) is 23.8 Å². The second kappa shape index (κ2) is 6.00. The Labute approximate surface area is 120 Å². The van der Waals surface area contributed by atoms with Gasteiger partial charge < -0.3 is 10.4 Å². The number of carbonyl (C=O) groups excluding carboxylic acids is 1. The average Bonchev–Trinajstić information content (AvgIpc) is 2.84. The Morgan fingerprint density at radius 1 is 1.40 bits per heavy atom. The average molecular weight is 292 g/mol. The van der Waals surface area contributed by atoms with Crippen LogP contribution in [0.2, 0.25) is 0 Å². The Hall–Kier alpha value is -1.95. The maximum atomic E-state index is 12.2. The minimum atomic E-state index is -1.02. The maximum Gasteiger partial charge on any atom is 0.326 e. The molecule has 0 aliphatic heterocycles. The highest BCUT2D eigenvalue weighted by Gasteiger charge is 2.22. The van der Waals surface area contributed by atoms with E-state index in [1.165, 1.54) is 17.5 Å². The summed E-state index contributed by atoms with van der Waals surface area (Å²) < 4.78 is 0.911. The topological polar surface area (TPSA) is 79.3 Å². The molecular weight excluding hydrogens is 276 g/mol. The Morgan fingerprint density at radius 2 is 2.15 bits per heavy atom. The highest BCUT2D eigenvalue weighted by molar-refractivity contribution is 7.17. The van der Waals surface area contributed by atoms with Gasteiger partial charge in [-0.25, -0.2) is 4.79 Å². The van der Waals surface area contributed by atoms with E-state index >= 15 is 0 Å². The number of carboxylic acid groups (broad SMARTS) is 1. The van der Waals surface area contributed by atoms with Gasteiger partial charge in [-0.15, -0.1) is 11.3 Å². The van der Waals surface area contributed by atoms with Gasteiger partial charge in [0, 0.05) is 17.8 Å². The molecule has 1 amide bonds. The summed E-state index contributed by atoms with van der Waals surface area (Å²) in [5.41, 5.74) is 0.416. The molecule has 2 aromatic rings. The molecular formula is C14H16N2O3S. The van der Waals surface area contributed by atoms with Crippen molar-refractivity contribution in [2.45, 2.75) is 26.3 Å². The van der Waals surface area contributed by atoms with Gasteiger partial charge in [0.15, 0.2) is 0 Å². The first-order valence-electron chi connectivity index (χ1n) is 6.34. The Balaban J connectivity index is 2.22. The van der Waals surface area contributed by atoms with E-state index in [-0.39, 0.29) is 5.92 Å². The fourth-order valence-electron chi connectivity index (χ4n) is 2.00. The molecule has 0 aliphatic carbocycles. The van der Waals surface area contributed by atoms with Crippen LogP contribution in [0.15, 0.2) is 23.8 Å². The smallest absolute Gasteiger partial charge is 0.326 e. The Morgan fingerprint density at radius 3 is 2.80 bits per heavy atom. The van der Waals surface area contributed by atoms with Crippen molar-refractivity contribution in [1.29, 1.82) is 0 Å². The number of hydrogen-bond acceptors (Lipinski definition) is 4. The number of aliphatic carboxylic acids is 1. The van der Waals surface area contributed by atoms with E-state index in [0.29, 0.717) is 12.0 Å². The molecule has 2 heterocycles. The third kappa shape index (κ3) is 3.14. The van der Waals surface area contributed by atoms with E-state index in [4.69, 9.17) is 5.11 Å². The lowest BCUT2D eigenvalue weighted by Gasteiger charge is -2.16. The predicted molar refractivity (Wildman–Crippen MR) is 78.0 cm³/mol. The number of rotatable bonds is 5. The molecule has 0 bridgehead atoms. The molecule has 0 unspecified atom stereocenters. The molecule has 0 aromatic carbocycles. The molecule has 5 nitrogen and oxygen atoms in total. The third-order valence-corrected chi connectivity index (χ3v) is 3.79. The normalized spacial score (nSPS) is 12.6. The zero-order chi connectivity index (χ0) is 14.7. The van der Waals surface area contributed by atoms with Gasteiger partial charge in [-0.1, -0.05) is 13.8 Å². The lowest BCUT2D eigenvalue weighted by molar-refractivity contribution is -0.139. The largest absolute Gasteiger partial charge is 0.480 e. The quantitative estimate of drug-likeness (QED) is 0.887. The number of carboxylic acids is 1. The highest BCUT2D eigenvalue weighted by Crippen LogP contribution is 2.23. The Bertz CT molecular complexity index is 636.